The third-order valence-corrected chi connectivity index (χ3v) is 4.18. The molecule has 0 radical (unpaired) electrons. The molecule has 1 aliphatic heterocycles. The Hall–Kier alpha value is -1.85. The van der Waals surface area contributed by atoms with Crippen LogP contribution in [-0.2, 0) is 4.74 Å². The van der Waals surface area contributed by atoms with E-state index in [9.17, 15) is 4.79 Å². The van der Waals surface area contributed by atoms with Crippen molar-refractivity contribution < 1.29 is 9.53 Å². The lowest BCUT2D eigenvalue weighted by atomic mass is 10.1. The van der Waals surface area contributed by atoms with Crippen LogP contribution in [0.4, 0.5) is 0 Å². The number of nitrogens with zero attached hydrogens (tertiary/aromatic N) is 1. The van der Waals surface area contributed by atoms with E-state index in [4.69, 9.17) is 16.3 Å². The van der Waals surface area contributed by atoms with Gasteiger partial charge in [-0.05, 0) is 31.9 Å². The van der Waals surface area contributed by atoms with Crippen molar-refractivity contribution in [2.75, 3.05) is 6.61 Å². The molecule has 2 aromatic rings. The second-order valence-corrected chi connectivity index (χ2v) is 5.87. The van der Waals surface area contributed by atoms with Crippen molar-refractivity contribution in [3.63, 3.8) is 0 Å². The van der Waals surface area contributed by atoms with Gasteiger partial charge in [0.1, 0.15) is 5.69 Å². The summed E-state index contributed by atoms with van der Waals surface area (Å²) in [5.74, 6) is -0.186. The first-order valence-corrected chi connectivity index (χ1v) is 7.75. The molecule has 1 amide bonds. The van der Waals surface area contributed by atoms with Gasteiger partial charge in [-0.15, -0.1) is 0 Å². The highest BCUT2D eigenvalue weighted by molar-refractivity contribution is 6.33. The van der Waals surface area contributed by atoms with Crippen molar-refractivity contribution in [2.45, 2.75) is 31.9 Å². The number of H-pyrrole nitrogens is 1. The van der Waals surface area contributed by atoms with E-state index in [0.29, 0.717) is 16.4 Å². The molecule has 1 aromatic carbocycles. The summed E-state index contributed by atoms with van der Waals surface area (Å²) in [4.78, 5) is 12.3. The summed E-state index contributed by atoms with van der Waals surface area (Å²) in [6.07, 6.45) is 2.12. The minimum Gasteiger partial charge on any atom is -0.376 e. The topological polar surface area (TPSA) is 67.0 Å². The normalized spacial score (nSPS) is 19.1. The smallest absolute Gasteiger partial charge is 0.269 e. The molecular formula is C16H18ClN3O2. The molecule has 22 heavy (non-hydrogen) atoms. The quantitative estimate of drug-likeness (QED) is 0.910. The number of rotatable bonds is 4. The number of ether oxygens (including phenoxy) is 1. The fourth-order valence-electron chi connectivity index (χ4n) is 2.62. The molecule has 0 bridgehead atoms. The van der Waals surface area contributed by atoms with Crippen LogP contribution in [-0.4, -0.2) is 34.9 Å². The number of aromatic amines is 1. The molecule has 5 nitrogen and oxygen atoms in total. The van der Waals surface area contributed by atoms with Crippen LogP contribution in [0.5, 0.6) is 0 Å². The average Bonchev–Trinajstić information content (AvgIpc) is 3.19. The Bertz CT molecular complexity index is 665. The van der Waals surface area contributed by atoms with Gasteiger partial charge in [0.15, 0.2) is 0 Å². The number of carbonyl (C=O) groups excluding carboxylic acids is 1. The van der Waals surface area contributed by atoms with Gasteiger partial charge in [0.25, 0.3) is 5.91 Å². The molecule has 1 fully saturated rings. The summed E-state index contributed by atoms with van der Waals surface area (Å²) in [5.41, 5.74) is 1.87. The van der Waals surface area contributed by atoms with E-state index < -0.39 is 0 Å². The van der Waals surface area contributed by atoms with Crippen molar-refractivity contribution in [3.8, 4) is 11.3 Å². The summed E-state index contributed by atoms with van der Waals surface area (Å²) in [6, 6.07) is 9.09. The summed E-state index contributed by atoms with van der Waals surface area (Å²) < 4.78 is 5.58. The standard InChI is InChI=1S/C16H18ClN3O2/c1-10(15-7-4-8-22-15)18-16(21)14-9-13(19-20-14)11-5-2-3-6-12(11)17/h2-3,5-6,9-10,15H,4,7-8H2,1H3,(H,18,21)(H,19,20)/t10-,15+/m1/s1. The molecule has 0 spiro atoms. The van der Waals surface area contributed by atoms with Crippen LogP contribution < -0.4 is 5.32 Å². The molecule has 2 atom stereocenters. The van der Waals surface area contributed by atoms with Gasteiger partial charge in [-0.1, -0.05) is 29.8 Å². The number of nitrogens with one attached hydrogen (secondary N) is 2. The number of hydrogen-bond acceptors (Lipinski definition) is 3. The highest BCUT2D eigenvalue weighted by atomic mass is 35.5. The summed E-state index contributed by atoms with van der Waals surface area (Å²) in [7, 11) is 0. The molecule has 116 valence electrons. The molecule has 1 aliphatic rings. The SMILES string of the molecule is C[C@@H](NC(=O)c1cc(-c2ccccc2Cl)n[nH]1)[C@@H]1CCCO1. The van der Waals surface area contributed by atoms with E-state index in [0.717, 1.165) is 25.0 Å². The maximum absolute atomic E-state index is 12.3. The minimum atomic E-state index is -0.186. The zero-order valence-corrected chi connectivity index (χ0v) is 13.1. The van der Waals surface area contributed by atoms with E-state index in [1.54, 1.807) is 12.1 Å². The van der Waals surface area contributed by atoms with Crippen LogP contribution in [0.1, 0.15) is 30.3 Å². The molecule has 2 N–H and O–H groups in total. The zero-order chi connectivity index (χ0) is 15.5. The number of benzene rings is 1. The Labute approximate surface area is 134 Å². The number of amides is 1. The molecule has 6 heteroatoms. The van der Waals surface area contributed by atoms with E-state index in [2.05, 4.69) is 15.5 Å². The van der Waals surface area contributed by atoms with Crippen molar-refractivity contribution in [3.05, 3.63) is 41.0 Å². The lowest BCUT2D eigenvalue weighted by molar-refractivity contribution is 0.0709. The Balaban J connectivity index is 1.70. The van der Waals surface area contributed by atoms with Crippen molar-refractivity contribution in [2.24, 2.45) is 0 Å². The van der Waals surface area contributed by atoms with Crippen LogP contribution in [0.25, 0.3) is 11.3 Å². The minimum absolute atomic E-state index is 0.0259. The Kier molecular flexibility index (Phi) is 4.45. The van der Waals surface area contributed by atoms with Crippen LogP contribution in [0, 0.1) is 0 Å². The fraction of sp³-hybridized carbons (Fsp3) is 0.375. The fourth-order valence-corrected chi connectivity index (χ4v) is 2.85. The van der Waals surface area contributed by atoms with Crippen molar-refractivity contribution in [1.82, 2.24) is 15.5 Å². The third-order valence-electron chi connectivity index (χ3n) is 3.85. The molecule has 1 saturated heterocycles. The Morgan fingerprint density at radius 3 is 3.05 bits per heavy atom. The van der Waals surface area contributed by atoms with Crippen LogP contribution >= 0.6 is 11.6 Å². The van der Waals surface area contributed by atoms with E-state index in [1.165, 1.54) is 0 Å². The number of carbonyl (C=O) groups is 1. The van der Waals surface area contributed by atoms with Gasteiger partial charge in [0.05, 0.1) is 22.9 Å². The van der Waals surface area contributed by atoms with Crippen LogP contribution in [0.2, 0.25) is 5.02 Å². The lowest BCUT2D eigenvalue weighted by Crippen LogP contribution is -2.40. The number of hydrogen-bond donors (Lipinski definition) is 2. The third kappa shape index (κ3) is 3.15. The van der Waals surface area contributed by atoms with Gasteiger partial charge in [0.2, 0.25) is 0 Å². The lowest BCUT2D eigenvalue weighted by Gasteiger charge is -2.19. The van der Waals surface area contributed by atoms with Gasteiger partial charge in [-0.3, -0.25) is 9.89 Å². The largest absolute Gasteiger partial charge is 0.376 e. The van der Waals surface area contributed by atoms with Gasteiger partial charge in [-0.2, -0.15) is 5.10 Å². The molecule has 1 aromatic heterocycles. The molecular weight excluding hydrogens is 302 g/mol. The van der Waals surface area contributed by atoms with Crippen LogP contribution in [0.15, 0.2) is 30.3 Å². The van der Waals surface area contributed by atoms with Gasteiger partial charge in [0, 0.05) is 12.2 Å². The zero-order valence-electron chi connectivity index (χ0n) is 12.3. The highest BCUT2D eigenvalue weighted by Gasteiger charge is 2.24. The first-order chi connectivity index (χ1) is 10.6. The van der Waals surface area contributed by atoms with Crippen molar-refractivity contribution in [1.29, 1.82) is 0 Å². The molecule has 0 saturated carbocycles. The predicted molar refractivity (Wildman–Crippen MR) is 84.9 cm³/mol. The predicted octanol–water partition coefficient (Wildman–Crippen LogP) is 3.03. The molecule has 2 heterocycles. The first kappa shape index (κ1) is 15.1. The van der Waals surface area contributed by atoms with E-state index >= 15 is 0 Å². The molecule has 0 aliphatic carbocycles. The summed E-state index contributed by atoms with van der Waals surface area (Å²) in [5, 5.41) is 10.5. The van der Waals surface area contributed by atoms with Crippen molar-refractivity contribution >= 4 is 17.5 Å². The highest BCUT2D eigenvalue weighted by Crippen LogP contribution is 2.26. The monoisotopic (exact) mass is 319 g/mol. The van der Waals surface area contributed by atoms with E-state index in [-0.39, 0.29) is 18.1 Å². The van der Waals surface area contributed by atoms with Gasteiger partial charge >= 0.3 is 0 Å². The molecule has 3 rings (SSSR count). The molecule has 0 unspecified atom stereocenters. The second kappa shape index (κ2) is 6.50. The van der Waals surface area contributed by atoms with E-state index in [1.807, 2.05) is 25.1 Å². The number of aromatic nitrogens is 2. The first-order valence-electron chi connectivity index (χ1n) is 7.38. The Morgan fingerprint density at radius 1 is 1.50 bits per heavy atom. The average molecular weight is 320 g/mol. The maximum Gasteiger partial charge on any atom is 0.269 e. The maximum atomic E-state index is 12.3. The second-order valence-electron chi connectivity index (χ2n) is 5.46. The summed E-state index contributed by atoms with van der Waals surface area (Å²) in [6.45, 7) is 2.73. The van der Waals surface area contributed by atoms with Crippen LogP contribution in [0.3, 0.4) is 0 Å². The number of halogens is 1. The van der Waals surface area contributed by atoms with Gasteiger partial charge in [-0.25, -0.2) is 0 Å². The van der Waals surface area contributed by atoms with Gasteiger partial charge < -0.3 is 10.1 Å². The Morgan fingerprint density at radius 2 is 2.32 bits per heavy atom. The summed E-state index contributed by atoms with van der Waals surface area (Å²) >= 11 is 6.15.